The molecule has 1 amide bonds. The second-order valence-corrected chi connectivity index (χ2v) is 6.62. The van der Waals surface area contributed by atoms with Gasteiger partial charge < -0.3 is 15.4 Å². The van der Waals surface area contributed by atoms with Gasteiger partial charge in [0.15, 0.2) is 0 Å². The number of fused-ring (bicyclic) bond motifs is 1. The zero-order valence-corrected chi connectivity index (χ0v) is 13.2. The van der Waals surface area contributed by atoms with E-state index in [1.807, 2.05) is 0 Å². The predicted octanol–water partition coefficient (Wildman–Crippen LogP) is 2.14. The minimum Gasteiger partial charge on any atom is -0.493 e. The molecule has 1 saturated heterocycles. The highest BCUT2D eigenvalue weighted by atomic mass is 16.5. The lowest BCUT2D eigenvalue weighted by atomic mass is 9.94. The summed E-state index contributed by atoms with van der Waals surface area (Å²) in [6.07, 6.45) is 6.21. The first-order valence-corrected chi connectivity index (χ1v) is 8.46. The van der Waals surface area contributed by atoms with Crippen molar-refractivity contribution >= 4 is 5.91 Å². The summed E-state index contributed by atoms with van der Waals surface area (Å²) in [5.41, 5.74) is 8.09. The van der Waals surface area contributed by atoms with Gasteiger partial charge in [0.2, 0.25) is 5.91 Å². The van der Waals surface area contributed by atoms with E-state index >= 15 is 0 Å². The topological polar surface area (TPSA) is 55.6 Å². The van der Waals surface area contributed by atoms with Crippen LogP contribution in [0.5, 0.6) is 5.75 Å². The van der Waals surface area contributed by atoms with Crippen LogP contribution in [0.2, 0.25) is 0 Å². The van der Waals surface area contributed by atoms with Crippen LogP contribution in [0.1, 0.15) is 36.8 Å². The normalized spacial score (nSPS) is 21.4. The van der Waals surface area contributed by atoms with Crippen LogP contribution >= 0.6 is 0 Å². The molecule has 4 nitrogen and oxygen atoms in total. The molecular formula is C18H26N2O2. The number of rotatable bonds is 6. The average molecular weight is 302 g/mol. The molecule has 4 heteroatoms. The third-order valence-electron chi connectivity index (χ3n) is 4.79. The number of nitrogens with two attached hydrogens (primary N) is 1. The molecule has 3 rings (SSSR count). The van der Waals surface area contributed by atoms with Gasteiger partial charge in [0, 0.05) is 19.4 Å². The molecule has 1 atom stereocenters. The van der Waals surface area contributed by atoms with E-state index in [9.17, 15) is 4.79 Å². The minimum atomic E-state index is -0.160. The number of hydrogen-bond acceptors (Lipinski definition) is 3. The quantitative estimate of drug-likeness (QED) is 0.876. The standard InChI is InChI=1S/C18H26N2O2/c19-18(21)12-15-4-2-9-20(13-15)8-1-3-14-5-6-17-16(11-14)7-10-22-17/h5-6,11,15H,1-4,7-10,12-13H2,(H2,19,21). The summed E-state index contributed by atoms with van der Waals surface area (Å²) >= 11 is 0. The van der Waals surface area contributed by atoms with Crippen molar-refractivity contribution in [2.75, 3.05) is 26.2 Å². The summed E-state index contributed by atoms with van der Waals surface area (Å²) in [6, 6.07) is 6.60. The highest BCUT2D eigenvalue weighted by Crippen LogP contribution is 2.26. The number of aryl methyl sites for hydroxylation is 1. The number of amides is 1. The minimum absolute atomic E-state index is 0.160. The van der Waals surface area contributed by atoms with Gasteiger partial charge in [-0.05, 0) is 61.9 Å². The molecule has 2 N–H and O–H groups in total. The monoisotopic (exact) mass is 302 g/mol. The summed E-state index contributed by atoms with van der Waals surface area (Å²) in [4.78, 5) is 13.6. The molecule has 1 aromatic rings. The molecule has 2 aliphatic heterocycles. The number of ether oxygens (including phenoxy) is 1. The number of nitrogens with zero attached hydrogens (tertiary/aromatic N) is 1. The average Bonchev–Trinajstić information content (AvgIpc) is 2.94. The summed E-state index contributed by atoms with van der Waals surface area (Å²) < 4.78 is 5.55. The van der Waals surface area contributed by atoms with Crippen molar-refractivity contribution < 1.29 is 9.53 Å². The van der Waals surface area contributed by atoms with Crippen molar-refractivity contribution in [3.8, 4) is 5.75 Å². The Hall–Kier alpha value is -1.55. The van der Waals surface area contributed by atoms with Crippen LogP contribution in [-0.2, 0) is 17.6 Å². The molecule has 1 fully saturated rings. The second-order valence-electron chi connectivity index (χ2n) is 6.62. The van der Waals surface area contributed by atoms with Gasteiger partial charge in [-0.25, -0.2) is 0 Å². The number of piperidine rings is 1. The Morgan fingerprint density at radius 3 is 3.18 bits per heavy atom. The molecule has 0 bridgehead atoms. The number of primary amides is 1. The van der Waals surface area contributed by atoms with Crippen LogP contribution in [0.3, 0.4) is 0 Å². The third kappa shape index (κ3) is 4.01. The Balaban J connectivity index is 1.43. The van der Waals surface area contributed by atoms with Gasteiger partial charge in [-0.2, -0.15) is 0 Å². The lowest BCUT2D eigenvalue weighted by molar-refractivity contribution is -0.119. The fourth-order valence-corrected chi connectivity index (χ4v) is 3.71. The Morgan fingerprint density at radius 2 is 2.32 bits per heavy atom. The lowest BCUT2D eigenvalue weighted by Gasteiger charge is -2.32. The SMILES string of the molecule is NC(=O)CC1CCCN(CCCc2ccc3c(c2)CCO3)C1. The third-order valence-corrected chi connectivity index (χ3v) is 4.79. The first-order chi connectivity index (χ1) is 10.7. The summed E-state index contributed by atoms with van der Waals surface area (Å²) in [5, 5.41) is 0. The molecule has 2 aliphatic rings. The number of likely N-dealkylation sites (tertiary alicyclic amines) is 1. The van der Waals surface area contributed by atoms with E-state index in [2.05, 4.69) is 23.1 Å². The van der Waals surface area contributed by atoms with Gasteiger partial charge in [-0.15, -0.1) is 0 Å². The number of carbonyl (C=O) groups is 1. The van der Waals surface area contributed by atoms with Crippen molar-refractivity contribution in [2.24, 2.45) is 11.7 Å². The van der Waals surface area contributed by atoms with Gasteiger partial charge in [0.25, 0.3) is 0 Å². The highest BCUT2D eigenvalue weighted by molar-refractivity contribution is 5.74. The largest absolute Gasteiger partial charge is 0.493 e. The van der Waals surface area contributed by atoms with Crippen molar-refractivity contribution in [3.63, 3.8) is 0 Å². The van der Waals surface area contributed by atoms with E-state index in [1.165, 1.54) is 24.0 Å². The van der Waals surface area contributed by atoms with Gasteiger partial charge in [-0.3, -0.25) is 4.79 Å². The van der Waals surface area contributed by atoms with Crippen molar-refractivity contribution in [1.82, 2.24) is 4.90 Å². The van der Waals surface area contributed by atoms with Crippen LogP contribution in [0.15, 0.2) is 18.2 Å². The maximum atomic E-state index is 11.1. The van der Waals surface area contributed by atoms with Gasteiger partial charge in [-0.1, -0.05) is 12.1 Å². The zero-order valence-electron chi connectivity index (χ0n) is 13.2. The molecule has 22 heavy (non-hydrogen) atoms. The smallest absolute Gasteiger partial charge is 0.217 e. The fraction of sp³-hybridized carbons (Fsp3) is 0.611. The Labute approximate surface area is 132 Å². The summed E-state index contributed by atoms with van der Waals surface area (Å²) in [5.74, 6) is 1.37. The van der Waals surface area contributed by atoms with Crippen molar-refractivity contribution in [1.29, 1.82) is 0 Å². The number of hydrogen-bond donors (Lipinski definition) is 1. The van der Waals surface area contributed by atoms with E-state index in [1.54, 1.807) is 0 Å². The Kier molecular flexibility index (Phi) is 4.98. The Morgan fingerprint density at radius 1 is 1.41 bits per heavy atom. The summed E-state index contributed by atoms with van der Waals surface area (Å²) in [6.45, 7) is 4.13. The van der Waals surface area contributed by atoms with Crippen LogP contribution in [-0.4, -0.2) is 37.0 Å². The molecular weight excluding hydrogens is 276 g/mol. The molecule has 1 unspecified atom stereocenters. The maximum Gasteiger partial charge on any atom is 0.217 e. The van der Waals surface area contributed by atoms with E-state index in [4.69, 9.17) is 10.5 Å². The molecule has 0 saturated carbocycles. The van der Waals surface area contributed by atoms with Crippen molar-refractivity contribution in [2.45, 2.75) is 38.5 Å². The second kappa shape index (κ2) is 7.14. The van der Waals surface area contributed by atoms with E-state index in [0.29, 0.717) is 12.3 Å². The van der Waals surface area contributed by atoms with Gasteiger partial charge in [0.05, 0.1) is 6.61 Å². The number of carbonyl (C=O) groups excluding carboxylic acids is 1. The Bertz CT molecular complexity index is 530. The van der Waals surface area contributed by atoms with Crippen LogP contribution in [0, 0.1) is 5.92 Å². The molecule has 2 heterocycles. The van der Waals surface area contributed by atoms with Crippen LogP contribution in [0.25, 0.3) is 0 Å². The van der Waals surface area contributed by atoms with E-state index in [0.717, 1.165) is 51.3 Å². The molecule has 0 radical (unpaired) electrons. The zero-order chi connectivity index (χ0) is 15.4. The van der Waals surface area contributed by atoms with E-state index < -0.39 is 0 Å². The van der Waals surface area contributed by atoms with Crippen LogP contribution in [0.4, 0.5) is 0 Å². The maximum absolute atomic E-state index is 11.1. The fourth-order valence-electron chi connectivity index (χ4n) is 3.71. The lowest BCUT2D eigenvalue weighted by Crippen LogP contribution is -2.37. The molecule has 120 valence electrons. The van der Waals surface area contributed by atoms with E-state index in [-0.39, 0.29) is 5.91 Å². The molecule has 1 aromatic carbocycles. The van der Waals surface area contributed by atoms with Gasteiger partial charge >= 0.3 is 0 Å². The predicted molar refractivity (Wildman–Crippen MR) is 86.9 cm³/mol. The van der Waals surface area contributed by atoms with Gasteiger partial charge in [0.1, 0.15) is 5.75 Å². The summed E-state index contributed by atoms with van der Waals surface area (Å²) in [7, 11) is 0. The first kappa shape index (κ1) is 15.3. The highest BCUT2D eigenvalue weighted by Gasteiger charge is 2.21. The molecule has 0 spiro atoms. The van der Waals surface area contributed by atoms with Crippen LogP contribution < -0.4 is 10.5 Å². The molecule has 0 aliphatic carbocycles. The molecule has 0 aromatic heterocycles. The first-order valence-electron chi connectivity index (χ1n) is 8.46. The van der Waals surface area contributed by atoms with Crippen molar-refractivity contribution in [3.05, 3.63) is 29.3 Å². The number of benzene rings is 1.